The number of hydrogen-bond acceptors (Lipinski definition) is 4. The number of halogens is 1. The quantitative estimate of drug-likeness (QED) is 0.521. The van der Waals surface area contributed by atoms with Crippen LogP contribution in [0, 0.1) is 10.1 Å². The fourth-order valence-electron chi connectivity index (χ4n) is 0.348. The molecule has 0 aliphatic heterocycles. The van der Waals surface area contributed by atoms with Gasteiger partial charge in [-0.2, -0.15) is 0 Å². The van der Waals surface area contributed by atoms with Gasteiger partial charge >= 0.3 is 0 Å². The predicted molar refractivity (Wildman–Crippen MR) is 42.1 cm³/mol. The summed E-state index contributed by atoms with van der Waals surface area (Å²) in [5.41, 5.74) is 0. The van der Waals surface area contributed by atoms with Crippen LogP contribution >= 0.6 is 11.8 Å². The highest BCUT2D eigenvalue weighted by Crippen LogP contribution is 1.83. The minimum atomic E-state index is -0.819. The van der Waals surface area contributed by atoms with Gasteiger partial charge in [-0.25, -0.2) is 9.07 Å². The van der Waals surface area contributed by atoms with Gasteiger partial charge in [0.2, 0.25) is 0 Å². The van der Waals surface area contributed by atoms with Gasteiger partial charge < -0.3 is 4.84 Å². The molecule has 0 radical (unpaired) electrons. The molecule has 0 aliphatic carbocycles. The number of nitrogens with zero attached hydrogens (tertiary/aromatic N) is 3. The van der Waals surface area contributed by atoms with Gasteiger partial charge in [-0.3, -0.25) is 0 Å². The average Bonchev–Trinajstić information content (AvgIpc) is 2.40. The molecule has 1 aromatic rings. The molecule has 68 valence electrons. The highest BCUT2D eigenvalue weighted by molar-refractivity contribution is 6.15. The zero-order valence-corrected chi connectivity index (χ0v) is 7.14. The first kappa shape index (κ1) is 10.7. The van der Waals surface area contributed by atoms with Crippen molar-refractivity contribution in [2.75, 3.05) is 6.61 Å². The molecule has 0 saturated carbocycles. The van der Waals surface area contributed by atoms with Crippen LogP contribution in [0.25, 0.3) is 0 Å². The lowest BCUT2D eigenvalue weighted by Crippen LogP contribution is -1.97. The van der Waals surface area contributed by atoms with Crippen LogP contribution in [0.3, 0.4) is 0 Å². The van der Waals surface area contributed by atoms with Crippen LogP contribution < -0.4 is 0 Å². The van der Waals surface area contributed by atoms with Crippen molar-refractivity contribution in [3.05, 3.63) is 28.8 Å². The van der Waals surface area contributed by atoms with E-state index in [2.05, 4.69) is 9.82 Å². The molecular weight excluding hydrogens is 186 g/mol. The lowest BCUT2D eigenvalue weighted by Gasteiger charge is -1.83. The predicted octanol–water partition coefficient (Wildman–Crippen LogP) is 1.10. The van der Waals surface area contributed by atoms with Crippen LogP contribution in [0.2, 0.25) is 0 Å². The summed E-state index contributed by atoms with van der Waals surface area (Å²) in [6.45, 7) is 1.69. The largest absolute Gasteiger partial charge is 0.314 e. The van der Waals surface area contributed by atoms with Crippen LogP contribution in [0.1, 0.15) is 6.92 Å². The summed E-state index contributed by atoms with van der Waals surface area (Å²) >= 11 is 5.31. The number of hydrogen-bond donors (Lipinski definition) is 0. The Labute approximate surface area is 73.9 Å². The maximum absolute atomic E-state index is 9.18. The van der Waals surface area contributed by atoms with Gasteiger partial charge in [0.1, 0.15) is 6.33 Å². The van der Waals surface area contributed by atoms with E-state index in [0.717, 1.165) is 0 Å². The molecule has 1 rings (SSSR count). The van der Waals surface area contributed by atoms with Crippen LogP contribution in [0.5, 0.6) is 0 Å². The van der Waals surface area contributed by atoms with Crippen molar-refractivity contribution in [3.63, 3.8) is 0 Å². The Balaban J connectivity index is 0.000000202. The third-order valence-corrected chi connectivity index (χ3v) is 0.907. The van der Waals surface area contributed by atoms with Gasteiger partial charge in [0, 0.05) is 24.2 Å². The Morgan fingerprint density at radius 1 is 1.83 bits per heavy atom. The van der Waals surface area contributed by atoms with Crippen LogP contribution in [0.15, 0.2) is 18.7 Å². The van der Waals surface area contributed by atoms with Gasteiger partial charge in [0.05, 0.1) is 6.61 Å². The van der Waals surface area contributed by atoms with Crippen molar-refractivity contribution >= 4 is 11.8 Å². The summed E-state index contributed by atoms with van der Waals surface area (Å²) in [4.78, 5) is 16.6. The van der Waals surface area contributed by atoms with Crippen LogP contribution in [-0.4, -0.2) is 20.8 Å². The highest BCUT2D eigenvalue weighted by atomic mass is 35.5. The van der Waals surface area contributed by atoms with E-state index in [9.17, 15) is 10.1 Å². The molecule has 1 heterocycles. The highest BCUT2D eigenvalue weighted by Gasteiger charge is 1.83. The third kappa shape index (κ3) is 6.81. The van der Waals surface area contributed by atoms with Gasteiger partial charge in [0.25, 0.3) is 5.09 Å². The Bertz CT molecular complexity index is 214. The summed E-state index contributed by atoms with van der Waals surface area (Å²) in [6.07, 6.45) is 4.79. The summed E-state index contributed by atoms with van der Waals surface area (Å²) in [6, 6.07) is 0. The minimum Gasteiger partial charge on any atom is -0.314 e. The van der Waals surface area contributed by atoms with E-state index >= 15 is 0 Å². The first-order chi connectivity index (χ1) is 5.66. The molecule has 0 N–H and O–H groups in total. The van der Waals surface area contributed by atoms with Crippen LogP contribution in [-0.2, 0) is 4.84 Å². The molecule has 0 spiro atoms. The van der Waals surface area contributed by atoms with Gasteiger partial charge in [-0.15, -0.1) is 10.1 Å². The van der Waals surface area contributed by atoms with E-state index in [4.69, 9.17) is 11.8 Å². The summed E-state index contributed by atoms with van der Waals surface area (Å²) in [7, 11) is 0. The lowest BCUT2D eigenvalue weighted by atomic mass is 10.9. The Hall–Kier alpha value is -1.30. The summed E-state index contributed by atoms with van der Waals surface area (Å²) < 4.78 is 1.36. The van der Waals surface area contributed by atoms with Gasteiger partial charge in [-0.05, 0) is 6.92 Å². The Morgan fingerprint density at radius 2 is 2.50 bits per heavy atom. The van der Waals surface area contributed by atoms with Crippen molar-refractivity contribution in [1.29, 1.82) is 0 Å². The first-order valence-electron chi connectivity index (χ1n) is 3.08. The monoisotopic (exact) mass is 193 g/mol. The van der Waals surface area contributed by atoms with E-state index in [1.54, 1.807) is 19.3 Å². The van der Waals surface area contributed by atoms with E-state index in [1.165, 1.54) is 10.4 Å². The molecule has 0 atom stereocenters. The smallest absolute Gasteiger partial charge is 0.294 e. The van der Waals surface area contributed by atoms with Crippen molar-refractivity contribution in [2.24, 2.45) is 0 Å². The maximum Gasteiger partial charge on any atom is 0.294 e. The minimum absolute atomic E-state index is 0.132. The summed E-state index contributed by atoms with van der Waals surface area (Å²) in [5, 5.41) is 8.36. The number of aromatic nitrogens is 2. The molecule has 0 fully saturated rings. The Kier molecular flexibility index (Phi) is 5.72. The van der Waals surface area contributed by atoms with E-state index in [0.29, 0.717) is 0 Å². The standard InChI is InChI=1S/C3H3ClN2.C2H5NO3/c4-6-2-1-5-3-6;1-2-6-3(4)5/h1-3H;2H2,1H3. The molecule has 0 aliphatic rings. The Morgan fingerprint density at radius 3 is 2.58 bits per heavy atom. The second-order valence-electron chi connectivity index (χ2n) is 1.55. The fourth-order valence-corrected chi connectivity index (χ4v) is 0.449. The second-order valence-corrected chi connectivity index (χ2v) is 1.94. The number of imidazole rings is 1. The van der Waals surface area contributed by atoms with E-state index < -0.39 is 5.09 Å². The molecule has 7 heteroatoms. The SMILES string of the molecule is CCO[N+](=O)[O-].Cln1ccnc1. The zero-order chi connectivity index (χ0) is 9.40. The van der Waals surface area contributed by atoms with Crippen molar-refractivity contribution in [3.8, 4) is 0 Å². The average molecular weight is 194 g/mol. The van der Waals surface area contributed by atoms with Crippen molar-refractivity contribution < 1.29 is 9.92 Å². The normalized spacial score (nSPS) is 8.17. The fraction of sp³-hybridized carbons (Fsp3) is 0.400. The first-order valence-corrected chi connectivity index (χ1v) is 3.42. The van der Waals surface area contributed by atoms with Crippen molar-refractivity contribution in [1.82, 2.24) is 9.07 Å². The molecular formula is C5H8ClN3O3. The molecule has 0 amide bonds. The molecule has 6 nitrogen and oxygen atoms in total. The van der Waals surface area contributed by atoms with E-state index in [-0.39, 0.29) is 6.61 Å². The van der Waals surface area contributed by atoms with Crippen molar-refractivity contribution in [2.45, 2.75) is 6.92 Å². The molecule has 0 unspecified atom stereocenters. The topological polar surface area (TPSA) is 70.2 Å². The second kappa shape index (κ2) is 6.41. The van der Waals surface area contributed by atoms with E-state index in [1.807, 2.05) is 0 Å². The van der Waals surface area contributed by atoms with Crippen LogP contribution in [0.4, 0.5) is 0 Å². The molecule has 0 aromatic carbocycles. The third-order valence-electron chi connectivity index (χ3n) is 0.707. The van der Waals surface area contributed by atoms with Gasteiger partial charge in [0.15, 0.2) is 0 Å². The number of rotatable bonds is 2. The summed E-state index contributed by atoms with van der Waals surface area (Å²) in [5.74, 6) is 0. The molecule has 0 bridgehead atoms. The molecule has 0 saturated heterocycles. The maximum atomic E-state index is 9.18. The molecule has 12 heavy (non-hydrogen) atoms. The van der Waals surface area contributed by atoms with Gasteiger partial charge in [-0.1, -0.05) is 0 Å². The zero-order valence-electron chi connectivity index (χ0n) is 6.38. The molecule has 1 aromatic heterocycles. The lowest BCUT2D eigenvalue weighted by molar-refractivity contribution is -0.756.